The Morgan fingerprint density at radius 2 is 2.10 bits per heavy atom. The van der Waals surface area contributed by atoms with Gasteiger partial charge in [-0.05, 0) is 25.1 Å². The number of nitrogens with zero attached hydrogens (tertiary/aromatic N) is 2. The van der Waals surface area contributed by atoms with Crippen LogP contribution in [0.3, 0.4) is 0 Å². The number of amides is 1. The first-order valence-corrected chi connectivity index (χ1v) is 7.78. The lowest BCUT2D eigenvalue weighted by atomic mass is 10.2. The zero-order valence-corrected chi connectivity index (χ0v) is 12.9. The van der Waals surface area contributed by atoms with Crippen LogP contribution in [0.4, 0.5) is 0 Å². The molecule has 1 aliphatic rings. The van der Waals surface area contributed by atoms with E-state index in [2.05, 4.69) is 23.7 Å². The van der Waals surface area contributed by atoms with Crippen molar-refractivity contribution in [2.75, 3.05) is 39.3 Å². The summed E-state index contributed by atoms with van der Waals surface area (Å²) in [5.74, 6) is 6.01. The van der Waals surface area contributed by atoms with E-state index in [1.807, 2.05) is 17.9 Å². The van der Waals surface area contributed by atoms with Gasteiger partial charge in [-0.1, -0.05) is 18.8 Å². The second kappa shape index (κ2) is 6.89. The second-order valence-corrected chi connectivity index (χ2v) is 5.91. The Balaban J connectivity index is 2.06. The summed E-state index contributed by atoms with van der Waals surface area (Å²) in [6.45, 7) is 9.10. The van der Waals surface area contributed by atoms with Gasteiger partial charge in [0.2, 0.25) is 0 Å². The molecule has 108 valence electrons. The molecular weight excluding hydrogens is 270 g/mol. The number of hydrogen-bond acceptors (Lipinski definition) is 4. The highest BCUT2D eigenvalue weighted by Gasteiger charge is 2.23. The van der Waals surface area contributed by atoms with E-state index >= 15 is 0 Å². The number of likely N-dealkylation sites (N-methyl/N-ethyl adjacent to an activating group) is 1. The molecule has 0 aliphatic carbocycles. The lowest BCUT2D eigenvalue weighted by molar-refractivity contribution is 0.0648. The minimum atomic E-state index is 0.134. The van der Waals surface area contributed by atoms with E-state index in [1.165, 1.54) is 11.3 Å². The minimum Gasteiger partial charge on any atom is -0.335 e. The van der Waals surface area contributed by atoms with Crippen molar-refractivity contribution in [3.8, 4) is 11.8 Å². The largest absolute Gasteiger partial charge is 0.335 e. The van der Waals surface area contributed by atoms with Gasteiger partial charge in [-0.15, -0.1) is 11.3 Å². The molecule has 0 radical (unpaired) electrons. The number of aryl methyl sites for hydroxylation is 1. The van der Waals surface area contributed by atoms with Gasteiger partial charge in [0.25, 0.3) is 5.91 Å². The van der Waals surface area contributed by atoms with E-state index in [0.717, 1.165) is 48.0 Å². The molecule has 0 atom stereocenters. The molecule has 5 heteroatoms. The quantitative estimate of drug-likeness (QED) is 0.832. The van der Waals surface area contributed by atoms with E-state index in [1.54, 1.807) is 0 Å². The third kappa shape index (κ3) is 3.40. The molecular formula is C15H21N3OS. The Bertz CT molecular complexity index is 533. The van der Waals surface area contributed by atoms with Gasteiger partial charge in [0.15, 0.2) is 0 Å². The maximum Gasteiger partial charge on any atom is 0.264 e. The molecule has 0 aromatic carbocycles. The van der Waals surface area contributed by atoms with Crippen LogP contribution >= 0.6 is 11.3 Å². The van der Waals surface area contributed by atoms with Gasteiger partial charge in [-0.3, -0.25) is 4.79 Å². The van der Waals surface area contributed by atoms with E-state index in [0.29, 0.717) is 6.54 Å². The Kier molecular flexibility index (Phi) is 5.18. The molecule has 1 aromatic rings. The third-order valence-corrected chi connectivity index (χ3v) is 4.68. The predicted octanol–water partition coefficient (Wildman–Crippen LogP) is 1.14. The van der Waals surface area contributed by atoms with Crippen LogP contribution in [0.2, 0.25) is 0 Å². The fourth-order valence-electron chi connectivity index (χ4n) is 2.27. The smallest absolute Gasteiger partial charge is 0.264 e. The summed E-state index contributed by atoms with van der Waals surface area (Å²) in [7, 11) is 0. The molecule has 1 amide bonds. The van der Waals surface area contributed by atoms with E-state index < -0.39 is 0 Å². The Labute approximate surface area is 124 Å². The molecule has 1 aliphatic heterocycles. The molecule has 0 bridgehead atoms. The van der Waals surface area contributed by atoms with Gasteiger partial charge < -0.3 is 15.5 Å². The van der Waals surface area contributed by atoms with Crippen LogP contribution in [-0.2, 0) is 0 Å². The van der Waals surface area contributed by atoms with Crippen molar-refractivity contribution < 1.29 is 4.79 Å². The molecule has 4 nitrogen and oxygen atoms in total. The minimum absolute atomic E-state index is 0.134. The van der Waals surface area contributed by atoms with Crippen molar-refractivity contribution in [3.63, 3.8) is 0 Å². The first-order valence-electron chi connectivity index (χ1n) is 6.96. The van der Waals surface area contributed by atoms with Gasteiger partial charge in [0, 0.05) is 26.2 Å². The van der Waals surface area contributed by atoms with Crippen molar-refractivity contribution in [2.24, 2.45) is 5.73 Å². The molecule has 1 aromatic heterocycles. The predicted molar refractivity (Wildman–Crippen MR) is 83.0 cm³/mol. The first-order chi connectivity index (χ1) is 9.65. The standard InChI is InChI=1S/C15H21N3OS/c1-3-17-7-9-18(10-8-17)15(19)14-11-12(2)13(20-14)5-4-6-16/h11H,3,6-10,16H2,1-2H3. The van der Waals surface area contributed by atoms with Crippen LogP contribution in [0.1, 0.15) is 27.0 Å². The van der Waals surface area contributed by atoms with Gasteiger partial charge in [0.05, 0.1) is 16.3 Å². The van der Waals surface area contributed by atoms with Crippen LogP contribution in [0.15, 0.2) is 6.07 Å². The van der Waals surface area contributed by atoms with Crippen molar-refractivity contribution >= 4 is 17.2 Å². The summed E-state index contributed by atoms with van der Waals surface area (Å²) in [5, 5.41) is 0. The van der Waals surface area contributed by atoms with Crippen LogP contribution in [0.25, 0.3) is 0 Å². The van der Waals surface area contributed by atoms with Crippen LogP contribution in [0, 0.1) is 18.8 Å². The molecule has 0 spiro atoms. The summed E-state index contributed by atoms with van der Waals surface area (Å²) in [4.78, 5) is 18.5. The normalized spacial score (nSPS) is 15.8. The highest BCUT2D eigenvalue weighted by Crippen LogP contribution is 2.23. The fraction of sp³-hybridized carbons (Fsp3) is 0.533. The second-order valence-electron chi connectivity index (χ2n) is 4.86. The van der Waals surface area contributed by atoms with Gasteiger partial charge >= 0.3 is 0 Å². The average Bonchev–Trinajstić information content (AvgIpc) is 2.85. The van der Waals surface area contributed by atoms with E-state index in [-0.39, 0.29) is 5.91 Å². The van der Waals surface area contributed by atoms with Crippen molar-refractivity contribution in [1.82, 2.24) is 9.80 Å². The average molecular weight is 291 g/mol. The maximum atomic E-state index is 12.5. The molecule has 0 saturated carbocycles. The highest BCUT2D eigenvalue weighted by atomic mass is 32.1. The molecule has 20 heavy (non-hydrogen) atoms. The molecule has 1 fully saturated rings. The first kappa shape index (κ1) is 15.0. The van der Waals surface area contributed by atoms with Gasteiger partial charge in [-0.25, -0.2) is 0 Å². The molecule has 0 unspecified atom stereocenters. The summed E-state index contributed by atoms with van der Waals surface area (Å²) in [5.41, 5.74) is 6.45. The summed E-state index contributed by atoms with van der Waals surface area (Å²) in [6.07, 6.45) is 0. The lowest BCUT2D eigenvalue weighted by Crippen LogP contribution is -2.48. The molecule has 2 heterocycles. The number of rotatable bonds is 2. The fourth-order valence-corrected chi connectivity index (χ4v) is 3.28. The number of piperazine rings is 1. The maximum absolute atomic E-state index is 12.5. The van der Waals surface area contributed by atoms with Gasteiger partial charge in [-0.2, -0.15) is 0 Å². The summed E-state index contributed by atoms with van der Waals surface area (Å²) >= 11 is 1.47. The summed E-state index contributed by atoms with van der Waals surface area (Å²) < 4.78 is 0. The number of nitrogens with two attached hydrogens (primary N) is 1. The number of hydrogen-bond donors (Lipinski definition) is 1. The Hall–Kier alpha value is -1.35. The van der Waals surface area contributed by atoms with E-state index in [9.17, 15) is 4.79 Å². The monoisotopic (exact) mass is 291 g/mol. The molecule has 1 saturated heterocycles. The Morgan fingerprint density at radius 1 is 1.40 bits per heavy atom. The zero-order chi connectivity index (χ0) is 14.5. The number of thiophene rings is 1. The van der Waals surface area contributed by atoms with Crippen molar-refractivity contribution in [2.45, 2.75) is 13.8 Å². The molecule has 2 N–H and O–H groups in total. The van der Waals surface area contributed by atoms with Crippen LogP contribution in [-0.4, -0.2) is 55.0 Å². The van der Waals surface area contributed by atoms with Crippen LogP contribution in [0.5, 0.6) is 0 Å². The highest BCUT2D eigenvalue weighted by molar-refractivity contribution is 7.14. The lowest BCUT2D eigenvalue weighted by Gasteiger charge is -2.33. The number of carbonyl (C=O) groups excluding carboxylic acids is 1. The molecule has 2 rings (SSSR count). The Morgan fingerprint density at radius 3 is 2.70 bits per heavy atom. The van der Waals surface area contributed by atoms with Crippen LogP contribution < -0.4 is 5.73 Å². The SMILES string of the molecule is CCN1CCN(C(=O)c2cc(C)c(C#CCN)s2)CC1. The van der Waals surface area contributed by atoms with Crippen molar-refractivity contribution in [3.05, 3.63) is 21.4 Å². The number of carbonyl (C=O) groups is 1. The third-order valence-electron chi connectivity index (χ3n) is 3.54. The van der Waals surface area contributed by atoms with Crippen molar-refractivity contribution in [1.29, 1.82) is 0 Å². The summed E-state index contributed by atoms with van der Waals surface area (Å²) in [6, 6.07) is 1.94. The van der Waals surface area contributed by atoms with E-state index in [4.69, 9.17) is 5.73 Å². The van der Waals surface area contributed by atoms with Gasteiger partial charge in [0.1, 0.15) is 0 Å². The topological polar surface area (TPSA) is 49.6 Å². The zero-order valence-electron chi connectivity index (χ0n) is 12.1.